The first-order valence-corrected chi connectivity index (χ1v) is 7.72. The molecule has 0 saturated heterocycles. The van der Waals surface area contributed by atoms with E-state index >= 15 is 0 Å². The molecular weight excluding hydrogens is 270 g/mol. The van der Waals surface area contributed by atoms with Gasteiger partial charge in [0, 0.05) is 23.7 Å². The van der Waals surface area contributed by atoms with Crippen molar-refractivity contribution in [1.82, 2.24) is 15.1 Å². The average Bonchev–Trinajstić information content (AvgIpc) is 2.98. The lowest BCUT2D eigenvalue weighted by Crippen LogP contribution is -2.31. The Morgan fingerprint density at radius 1 is 1.50 bits per heavy atom. The zero-order valence-electron chi connectivity index (χ0n) is 12.2. The molecule has 0 spiro atoms. The van der Waals surface area contributed by atoms with Crippen LogP contribution in [-0.4, -0.2) is 22.2 Å². The standard InChI is InChI=1S/C15H21N3OS/c1-11(10-18-13(3)7-12(2)17-18)9-16-15(19)8-14-5-4-6-20-14/h4-7,11H,8-10H2,1-3H3,(H,16,19)/t11-/m0/s1. The van der Waals surface area contributed by atoms with Crippen LogP contribution >= 0.6 is 11.3 Å². The molecule has 4 nitrogen and oxygen atoms in total. The monoisotopic (exact) mass is 291 g/mol. The van der Waals surface area contributed by atoms with E-state index in [0.717, 1.165) is 17.1 Å². The number of nitrogens with zero attached hydrogens (tertiary/aromatic N) is 2. The molecule has 0 radical (unpaired) electrons. The molecule has 0 aliphatic rings. The van der Waals surface area contributed by atoms with Gasteiger partial charge in [0.05, 0.1) is 12.1 Å². The van der Waals surface area contributed by atoms with E-state index in [4.69, 9.17) is 0 Å². The SMILES string of the molecule is Cc1cc(C)n(C[C@@H](C)CNC(=O)Cc2cccs2)n1. The number of carbonyl (C=O) groups excluding carboxylic acids is 1. The fraction of sp³-hybridized carbons (Fsp3) is 0.467. The van der Waals surface area contributed by atoms with Gasteiger partial charge in [-0.15, -0.1) is 11.3 Å². The molecule has 1 N–H and O–H groups in total. The van der Waals surface area contributed by atoms with E-state index in [-0.39, 0.29) is 5.91 Å². The maximum absolute atomic E-state index is 11.8. The number of hydrogen-bond donors (Lipinski definition) is 1. The Balaban J connectivity index is 1.76. The zero-order chi connectivity index (χ0) is 14.5. The molecule has 0 saturated carbocycles. The molecule has 0 aliphatic carbocycles. The predicted octanol–water partition coefficient (Wildman–Crippen LogP) is 2.56. The summed E-state index contributed by atoms with van der Waals surface area (Å²) in [5.41, 5.74) is 2.20. The molecule has 2 heterocycles. The van der Waals surface area contributed by atoms with E-state index in [1.54, 1.807) is 11.3 Å². The number of thiophene rings is 1. The van der Waals surface area contributed by atoms with E-state index in [1.165, 1.54) is 5.69 Å². The fourth-order valence-corrected chi connectivity index (χ4v) is 2.85. The van der Waals surface area contributed by atoms with Gasteiger partial charge >= 0.3 is 0 Å². The van der Waals surface area contributed by atoms with Crippen LogP contribution in [0.3, 0.4) is 0 Å². The van der Waals surface area contributed by atoms with Crippen LogP contribution in [0.2, 0.25) is 0 Å². The van der Waals surface area contributed by atoms with Crippen LogP contribution in [0.15, 0.2) is 23.6 Å². The number of rotatable bonds is 6. The van der Waals surface area contributed by atoms with E-state index in [2.05, 4.69) is 30.3 Å². The normalized spacial score (nSPS) is 12.3. The molecule has 108 valence electrons. The summed E-state index contributed by atoms with van der Waals surface area (Å²) < 4.78 is 2.01. The zero-order valence-corrected chi connectivity index (χ0v) is 13.0. The number of hydrogen-bond acceptors (Lipinski definition) is 3. The fourth-order valence-electron chi connectivity index (χ4n) is 2.14. The number of nitrogens with one attached hydrogen (secondary N) is 1. The van der Waals surface area contributed by atoms with Gasteiger partial charge in [0.15, 0.2) is 0 Å². The van der Waals surface area contributed by atoms with Gasteiger partial charge in [0.25, 0.3) is 0 Å². The summed E-state index contributed by atoms with van der Waals surface area (Å²) in [6.07, 6.45) is 0.476. The van der Waals surface area contributed by atoms with Gasteiger partial charge in [-0.3, -0.25) is 9.48 Å². The first-order chi connectivity index (χ1) is 9.54. The molecule has 0 aromatic carbocycles. The lowest BCUT2D eigenvalue weighted by atomic mass is 10.2. The van der Waals surface area contributed by atoms with Crippen LogP contribution in [0.4, 0.5) is 0 Å². The third kappa shape index (κ3) is 4.20. The summed E-state index contributed by atoms with van der Waals surface area (Å²) in [4.78, 5) is 12.9. The van der Waals surface area contributed by atoms with Crippen molar-refractivity contribution < 1.29 is 4.79 Å². The van der Waals surface area contributed by atoms with E-state index in [1.807, 2.05) is 29.1 Å². The number of aromatic nitrogens is 2. The van der Waals surface area contributed by atoms with E-state index in [9.17, 15) is 4.79 Å². The molecular formula is C15H21N3OS. The molecule has 0 unspecified atom stereocenters. The molecule has 20 heavy (non-hydrogen) atoms. The summed E-state index contributed by atoms with van der Waals surface area (Å²) in [6, 6.07) is 6.03. The van der Waals surface area contributed by atoms with Gasteiger partial charge in [-0.05, 0) is 37.3 Å². The molecule has 1 amide bonds. The summed E-state index contributed by atoms with van der Waals surface area (Å²) in [6.45, 7) is 7.70. The Morgan fingerprint density at radius 3 is 2.90 bits per heavy atom. The van der Waals surface area contributed by atoms with Gasteiger partial charge in [0.2, 0.25) is 5.91 Å². The minimum Gasteiger partial charge on any atom is -0.355 e. The number of amides is 1. The van der Waals surface area contributed by atoms with Crippen molar-refractivity contribution in [3.63, 3.8) is 0 Å². The molecule has 0 bridgehead atoms. The van der Waals surface area contributed by atoms with Crippen molar-refractivity contribution in [2.75, 3.05) is 6.54 Å². The highest BCUT2D eigenvalue weighted by molar-refractivity contribution is 7.10. The predicted molar refractivity (Wildman–Crippen MR) is 81.9 cm³/mol. The smallest absolute Gasteiger partial charge is 0.225 e. The molecule has 2 aromatic heterocycles. The van der Waals surface area contributed by atoms with Crippen molar-refractivity contribution in [2.24, 2.45) is 5.92 Å². The highest BCUT2D eigenvalue weighted by Gasteiger charge is 2.09. The first kappa shape index (κ1) is 14.8. The van der Waals surface area contributed by atoms with Crippen LogP contribution in [0.25, 0.3) is 0 Å². The van der Waals surface area contributed by atoms with Crippen molar-refractivity contribution in [3.05, 3.63) is 39.8 Å². The van der Waals surface area contributed by atoms with Crippen molar-refractivity contribution in [3.8, 4) is 0 Å². The number of aryl methyl sites for hydroxylation is 2. The van der Waals surface area contributed by atoms with Crippen molar-refractivity contribution in [1.29, 1.82) is 0 Å². The van der Waals surface area contributed by atoms with E-state index in [0.29, 0.717) is 18.9 Å². The quantitative estimate of drug-likeness (QED) is 0.889. The maximum Gasteiger partial charge on any atom is 0.225 e. The van der Waals surface area contributed by atoms with Gasteiger partial charge in [-0.25, -0.2) is 0 Å². The van der Waals surface area contributed by atoms with Crippen LogP contribution in [0.5, 0.6) is 0 Å². The topological polar surface area (TPSA) is 46.9 Å². The molecule has 5 heteroatoms. The average molecular weight is 291 g/mol. The highest BCUT2D eigenvalue weighted by atomic mass is 32.1. The van der Waals surface area contributed by atoms with E-state index < -0.39 is 0 Å². The molecule has 2 rings (SSSR count). The molecule has 1 atom stereocenters. The lowest BCUT2D eigenvalue weighted by molar-refractivity contribution is -0.120. The third-order valence-electron chi connectivity index (χ3n) is 3.15. The molecule has 0 aliphatic heterocycles. The minimum atomic E-state index is 0.0904. The van der Waals surface area contributed by atoms with Crippen LogP contribution < -0.4 is 5.32 Å². The van der Waals surface area contributed by atoms with Crippen molar-refractivity contribution >= 4 is 17.2 Å². The Labute approximate surface area is 123 Å². The Morgan fingerprint density at radius 2 is 2.30 bits per heavy atom. The summed E-state index contributed by atoms with van der Waals surface area (Å²) in [5.74, 6) is 0.452. The largest absolute Gasteiger partial charge is 0.355 e. The van der Waals surface area contributed by atoms with Gasteiger partial charge in [-0.2, -0.15) is 5.10 Å². The van der Waals surface area contributed by atoms with Gasteiger partial charge < -0.3 is 5.32 Å². The summed E-state index contributed by atoms with van der Waals surface area (Å²) >= 11 is 1.62. The number of carbonyl (C=O) groups is 1. The Kier molecular flexibility index (Phi) is 4.95. The summed E-state index contributed by atoms with van der Waals surface area (Å²) in [7, 11) is 0. The first-order valence-electron chi connectivity index (χ1n) is 6.84. The van der Waals surface area contributed by atoms with Crippen LogP contribution in [0.1, 0.15) is 23.2 Å². The highest BCUT2D eigenvalue weighted by Crippen LogP contribution is 2.09. The van der Waals surface area contributed by atoms with Crippen molar-refractivity contribution in [2.45, 2.75) is 33.7 Å². The Hall–Kier alpha value is -1.62. The minimum absolute atomic E-state index is 0.0904. The second kappa shape index (κ2) is 6.70. The second-order valence-electron chi connectivity index (χ2n) is 5.27. The molecule has 0 fully saturated rings. The third-order valence-corrected chi connectivity index (χ3v) is 4.03. The lowest BCUT2D eigenvalue weighted by Gasteiger charge is -2.13. The Bertz CT molecular complexity index is 560. The summed E-state index contributed by atoms with van der Waals surface area (Å²) in [5, 5.41) is 9.43. The van der Waals surface area contributed by atoms with Gasteiger partial charge in [-0.1, -0.05) is 13.0 Å². The van der Waals surface area contributed by atoms with Gasteiger partial charge in [0.1, 0.15) is 0 Å². The van der Waals surface area contributed by atoms with Crippen LogP contribution in [0, 0.1) is 19.8 Å². The molecule has 2 aromatic rings. The second-order valence-corrected chi connectivity index (χ2v) is 6.31. The maximum atomic E-state index is 11.8. The van der Waals surface area contributed by atoms with Crippen LogP contribution in [-0.2, 0) is 17.8 Å².